The molecule has 3 aromatic rings. The molecule has 0 heterocycles. The number of carbonyl (C=O) groups excluding carboxylic acids is 6. The Balaban J connectivity index is 2.35. The van der Waals surface area contributed by atoms with Gasteiger partial charge < -0.3 is 42.0 Å². The molecule has 3 rings (SSSR count). The number of phosphoric acid groups is 1. The third-order valence-corrected chi connectivity index (χ3v) is 22.7. The van der Waals surface area contributed by atoms with Crippen molar-refractivity contribution >= 4 is 43.6 Å². The fraction of sp³-hybridized carbons (Fsp3) is 0.613. The molecule has 0 saturated heterocycles. The van der Waals surface area contributed by atoms with Crippen LogP contribution in [0, 0.1) is 62.3 Å². The van der Waals surface area contributed by atoms with Gasteiger partial charge in [0.1, 0.15) is 17.2 Å². The summed E-state index contributed by atoms with van der Waals surface area (Å²) in [5, 5.41) is 0. The summed E-state index contributed by atoms with van der Waals surface area (Å²) < 4.78 is 71.3. The van der Waals surface area contributed by atoms with E-state index in [0.717, 1.165) is 303 Å². The van der Waals surface area contributed by atoms with Crippen molar-refractivity contribution in [2.75, 3.05) is 39.6 Å². The Morgan fingerprint density at radius 3 is 0.482 bits per heavy atom. The van der Waals surface area contributed by atoms with Crippen molar-refractivity contribution in [3.8, 4) is 17.2 Å². The zero-order valence-electron chi connectivity index (χ0n) is 69.6. The summed E-state index contributed by atoms with van der Waals surface area (Å²) in [6, 6.07) is 0. The van der Waals surface area contributed by atoms with Crippen LogP contribution in [-0.4, -0.2) is 75.5 Å². The normalized spacial score (nSPS) is 11.2. The fourth-order valence-corrected chi connectivity index (χ4v) is 16.6. The number of rotatable bonds is 66. The van der Waals surface area contributed by atoms with Crippen molar-refractivity contribution in [2.45, 2.75) is 332 Å². The first-order chi connectivity index (χ1) is 53.0. The molecule has 16 nitrogen and oxygen atoms in total. The summed E-state index contributed by atoms with van der Waals surface area (Å²) in [5.74, 6) is -0.830. The van der Waals surface area contributed by atoms with Gasteiger partial charge in [-0.05, 0) is 261 Å². The van der Waals surface area contributed by atoms with Crippen LogP contribution >= 0.6 is 7.82 Å². The van der Waals surface area contributed by atoms with E-state index in [9.17, 15) is 28.8 Å². The number of hydrogen-bond donors (Lipinski definition) is 0. The van der Waals surface area contributed by atoms with Gasteiger partial charge in [0.15, 0.2) is 0 Å². The maximum absolute atomic E-state index is 17.5. The highest BCUT2D eigenvalue weighted by Gasteiger charge is 2.39. The summed E-state index contributed by atoms with van der Waals surface area (Å²) >= 11 is 0. The number of unbranched alkanes of at least 4 members (excludes halogenated alkanes) is 30. The van der Waals surface area contributed by atoms with Gasteiger partial charge >= 0.3 is 43.6 Å². The number of ether oxygens (including phenoxy) is 6. The molecular weight excluding hydrogens is 1400 g/mol. The quantitative estimate of drug-likeness (QED) is 0.0170. The second-order valence-electron chi connectivity index (χ2n) is 29.7. The lowest BCUT2D eigenvalue weighted by Crippen LogP contribution is -2.16. The van der Waals surface area contributed by atoms with Gasteiger partial charge in [-0.1, -0.05) is 194 Å². The SMILES string of the molecule is C=CC(=O)OCCCCCCCCc1c(C)c(CCCCCCCCOC(=O)C=C)c(C)c(OP(=O)(Oc2c(C)c(CCCCCCCCOC(=O)C=C)c(C)c(CCCCCCCCOC(=O)C=C)c2C)Oc2c(C)c(CCCCCCCCOC(=O)C=C)c(C)c(CCCCCCCCOC(=O)C=C)c2C)c1C. The number of benzene rings is 3. The van der Waals surface area contributed by atoms with Gasteiger partial charge in [-0.15, -0.1) is 0 Å². The molecule has 0 unspecified atom stereocenters. The van der Waals surface area contributed by atoms with Gasteiger partial charge in [0, 0.05) is 36.5 Å². The third-order valence-electron chi connectivity index (χ3n) is 21.5. The smallest absolute Gasteiger partial charge is 0.463 e. The Labute approximate surface area is 663 Å². The first kappa shape index (κ1) is 96.7. The van der Waals surface area contributed by atoms with E-state index in [2.05, 4.69) is 102 Å². The van der Waals surface area contributed by atoms with Gasteiger partial charge in [-0.3, -0.25) is 0 Å². The number of phosphoric ester groups is 1. The Bertz CT molecular complexity index is 2880. The van der Waals surface area contributed by atoms with E-state index >= 15 is 4.57 Å². The summed E-state index contributed by atoms with van der Waals surface area (Å²) in [6.07, 6.45) is 46.4. The van der Waals surface area contributed by atoms with E-state index in [-0.39, 0.29) is 0 Å². The lowest BCUT2D eigenvalue weighted by Gasteiger charge is -2.29. The number of hydrogen-bond acceptors (Lipinski definition) is 16. The molecule has 0 amide bonds. The highest BCUT2D eigenvalue weighted by atomic mass is 31.2. The highest BCUT2D eigenvalue weighted by Crippen LogP contribution is 2.56. The van der Waals surface area contributed by atoms with Crippen LogP contribution in [0.25, 0.3) is 0 Å². The van der Waals surface area contributed by atoms with Gasteiger partial charge in [-0.2, -0.15) is 4.57 Å². The van der Waals surface area contributed by atoms with Crippen LogP contribution in [0.4, 0.5) is 0 Å². The molecule has 17 heteroatoms. The maximum atomic E-state index is 17.5. The molecule has 3 aromatic carbocycles. The zero-order chi connectivity index (χ0) is 80.9. The van der Waals surface area contributed by atoms with Crippen molar-refractivity contribution in [3.05, 3.63) is 159 Å². The van der Waals surface area contributed by atoms with Crippen molar-refractivity contribution in [1.82, 2.24) is 0 Å². The molecule has 0 bridgehead atoms. The second kappa shape index (κ2) is 57.6. The van der Waals surface area contributed by atoms with Gasteiger partial charge in [0.05, 0.1) is 39.6 Å². The molecule has 0 aliphatic rings. The van der Waals surface area contributed by atoms with Crippen molar-refractivity contribution in [1.29, 1.82) is 0 Å². The Morgan fingerprint density at radius 2 is 0.345 bits per heavy atom. The van der Waals surface area contributed by atoms with Crippen LogP contribution in [0.2, 0.25) is 0 Å². The van der Waals surface area contributed by atoms with E-state index in [1.807, 2.05) is 0 Å². The van der Waals surface area contributed by atoms with E-state index < -0.39 is 43.6 Å². The maximum Gasteiger partial charge on any atom is 0.647 e. The van der Waals surface area contributed by atoms with E-state index in [1.165, 1.54) is 86.5 Å². The summed E-state index contributed by atoms with van der Waals surface area (Å²) in [6.45, 7) is 42.8. The van der Waals surface area contributed by atoms with Gasteiger partial charge in [0.2, 0.25) is 0 Å². The first-order valence-electron chi connectivity index (χ1n) is 41.8. The summed E-state index contributed by atoms with van der Waals surface area (Å²) in [7, 11) is -4.78. The predicted molar refractivity (Wildman–Crippen MR) is 447 cm³/mol. The first-order valence-corrected chi connectivity index (χ1v) is 43.3. The molecule has 0 spiro atoms. The summed E-state index contributed by atoms with van der Waals surface area (Å²) in [5.41, 5.74) is 16.2. The molecule has 0 fully saturated rings. The number of carbonyl (C=O) groups is 6. The number of esters is 6. The molecule has 0 aliphatic heterocycles. The van der Waals surface area contributed by atoms with Gasteiger partial charge in [-0.25, -0.2) is 28.8 Å². The van der Waals surface area contributed by atoms with E-state index in [1.54, 1.807) is 0 Å². The van der Waals surface area contributed by atoms with Crippen LogP contribution in [-0.2, 0) is 100 Å². The minimum Gasteiger partial charge on any atom is -0.463 e. The minimum atomic E-state index is -4.78. The third kappa shape index (κ3) is 37.3. The Kier molecular flexibility index (Phi) is 50.6. The van der Waals surface area contributed by atoms with Crippen LogP contribution in [0.15, 0.2) is 75.9 Å². The van der Waals surface area contributed by atoms with Crippen molar-refractivity contribution in [3.63, 3.8) is 0 Å². The van der Waals surface area contributed by atoms with Crippen LogP contribution in [0.1, 0.15) is 315 Å². The molecule has 0 N–H and O–H groups in total. The monoisotopic (exact) mass is 1540 g/mol. The average molecular weight is 1550 g/mol. The molecular formula is C93H141O16P. The Hall–Kier alpha value is -7.45. The highest BCUT2D eigenvalue weighted by molar-refractivity contribution is 7.49. The Morgan fingerprint density at radius 1 is 0.218 bits per heavy atom. The zero-order valence-corrected chi connectivity index (χ0v) is 70.5. The minimum absolute atomic E-state index is 0.379. The standard InChI is InChI=1S/C93H141O16P/c1-16-85(94)101-64-52-40-28-22-34-46-58-79-70(7)80(59-47-35-23-29-41-53-65-102-86(95)17-2)74(11)91(73(79)10)107-110(100,108-92-75(12)81(60-48-36-24-30-42-54-66-103-87(96)18-3)71(8)82(76(92)13)61-49-37-25-31-43-55-67-104-88(97)19-4)109-93-77(14)83(62-50-38-26-32-44-56-68-105-89(98)20-5)72(9)84(78(93)15)63-51-39-27-33-45-57-69-106-90(99)21-6/h16-21H,1-6,22-69H2,7-15H3. The lowest BCUT2D eigenvalue weighted by molar-refractivity contribution is -0.138. The molecule has 0 aromatic heterocycles. The summed E-state index contributed by atoms with van der Waals surface area (Å²) in [4.78, 5) is 70.2. The largest absolute Gasteiger partial charge is 0.647 e. The van der Waals surface area contributed by atoms with Crippen molar-refractivity contribution < 1.29 is 75.3 Å². The molecule has 110 heavy (non-hydrogen) atoms. The topological polar surface area (TPSA) is 203 Å². The van der Waals surface area contributed by atoms with Crippen molar-refractivity contribution in [2.24, 2.45) is 0 Å². The van der Waals surface area contributed by atoms with Crippen LogP contribution < -0.4 is 13.6 Å². The van der Waals surface area contributed by atoms with Gasteiger partial charge in [0.25, 0.3) is 0 Å². The lowest BCUT2D eigenvalue weighted by atomic mass is 9.87. The molecule has 0 atom stereocenters. The molecule has 0 saturated carbocycles. The predicted octanol–water partition coefficient (Wildman–Crippen LogP) is 23.8. The average Bonchev–Trinajstić information content (AvgIpc) is 0.758. The van der Waals surface area contributed by atoms with E-state index in [4.69, 9.17) is 42.0 Å². The van der Waals surface area contributed by atoms with Crippen LogP contribution in [0.5, 0.6) is 17.2 Å². The second-order valence-corrected chi connectivity index (χ2v) is 31.1. The van der Waals surface area contributed by atoms with Crippen LogP contribution in [0.3, 0.4) is 0 Å². The fourth-order valence-electron chi connectivity index (χ4n) is 15.0. The molecule has 614 valence electrons. The molecule has 0 aliphatic carbocycles. The molecule has 0 radical (unpaired) electrons. The van der Waals surface area contributed by atoms with E-state index in [0.29, 0.717) is 56.9 Å².